The van der Waals surface area contributed by atoms with Crippen LogP contribution >= 0.6 is 0 Å². The molecule has 5 fully saturated rings. The zero-order chi connectivity index (χ0) is 14.0. The first kappa shape index (κ1) is 13.6. The summed E-state index contributed by atoms with van der Waals surface area (Å²) in [7, 11) is 0. The Morgan fingerprint density at radius 1 is 1.10 bits per heavy atom. The summed E-state index contributed by atoms with van der Waals surface area (Å²) in [5, 5.41) is 0. The van der Waals surface area contributed by atoms with Crippen molar-refractivity contribution in [1.29, 1.82) is 0 Å². The topological polar surface area (TPSA) is 35.2 Å². The lowest BCUT2D eigenvalue weighted by Gasteiger charge is -2.66. The van der Waals surface area contributed by atoms with Crippen LogP contribution in [-0.2, 0) is 4.74 Å². The molecule has 5 rings (SSSR count). The average molecular weight is 277 g/mol. The second-order valence-corrected chi connectivity index (χ2v) is 9.62. The molecular formula is C18H31NO. The van der Waals surface area contributed by atoms with Gasteiger partial charge in [-0.25, -0.2) is 0 Å². The molecule has 0 aromatic carbocycles. The van der Waals surface area contributed by atoms with Crippen LogP contribution in [0.4, 0.5) is 0 Å². The van der Waals surface area contributed by atoms with Crippen LogP contribution in [0.2, 0.25) is 0 Å². The molecule has 114 valence electrons. The SMILES string of the molecule is CC12CC3CC(C)(C1)CC(CC(N)C1CCOC1)(C3)C2. The third kappa shape index (κ3) is 2.14. The van der Waals surface area contributed by atoms with Gasteiger partial charge in [-0.15, -0.1) is 0 Å². The van der Waals surface area contributed by atoms with Crippen molar-refractivity contribution in [2.75, 3.05) is 13.2 Å². The van der Waals surface area contributed by atoms with Gasteiger partial charge in [-0.3, -0.25) is 0 Å². The fraction of sp³-hybridized carbons (Fsp3) is 1.00. The Morgan fingerprint density at radius 3 is 2.35 bits per heavy atom. The lowest BCUT2D eigenvalue weighted by molar-refractivity contribution is -0.150. The molecule has 2 heteroatoms. The molecule has 0 radical (unpaired) electrons. The van der Waals surface area contributed by atoms with Gasteiger partial charge in [0.25, 0.3) is 0 Å². The molecule has 4 unspecified atom stereocenters. The summed E-state index contributed by atoms with van der Waals surface area (Å²) in [4.78, 5) is 0. The summed E-state index contributed by atoms with van der Waals surface area (Å²) in [6, 6.07) is 0.376. The van der Waals surface area contributed by atoms with E-state index >= 15 is 0 Å². The zero-order valence-corrected chi connectivity index (χ0v) is 13.3. The van der Waals surface area contributed by atoms with Crippen molar-refractivity contribution in [3.8, 4) is 0 Å². The molecule has 20 heavy (non-hydrogen) atoms. The van der Waals surface area contributed by atoms with Gasteiger partial charge in [-0.05, 0) is 79.4 Å². The molecule has 2 N–H and O–H groups in total. The van der Waals surface area contributed by atoms with E-state index in [0.717, 1.165) is 19.1 Å². The molecule has 5 aliphatic rings. The lowest BCUT2D eigenvalue weighted by Crippen LogP contribution is -2.56. The standard InChI is InChI=1S/C18H31NO/c1-16-5-13-6-17(2,10-16)12-18(7-13,11-16)8-15(19)14-3-4-20-9-14/h13-15H,3-12,19H2,1-2H3. The van der Waals surface area contributed by atoms with Crippen LogP contribution in [0, 0.1) is 28.1 Å². The summed E-state index contributed by atoms with van der Waals surface area (Å²) in [6.45, 7) is 6.97. The molecule has 0 aromatic heterocycles. The predicted molar refractivity (Wildman–Crippen MR) is 81.4 cm³/mol. The van der Waals surface area contributed by atoms with Crippen LogP contribution in [0.25, 0.3) is 0 Å². The van der Waals surface area contributed by atoms with Crippen LogP contribution in [-0.4, -0.2) is 19.3 Å². The second kappa shape index (κ2) is 4.23. The van der Waals surface area contributed by atoms with E-state index in [1.165, 1.54) is 51.4 Å². The summed E-state index contributed by atoms with van der Waals surface area (Å²) in [5.74, 6) is 1.62. The lowest BCUT2D eigenvalue weighted by atomic mass is 9.39. The van der Waals surface area contributed by atoms with Crippen molar-refractivity contribution in [2.24, 2.45) is 33.8 Å². The van der Waals surface area contributed by atoms with Gasteiger partial charge in [-0.2, -0.15) is 0 Å². The largest absolute Gasteiger partial charge is 0.381 e. The van der Waals surface area contributed by atoms with E-state index in [1.54, 1.807) is 0 Å². The number of hydrogen-bond donors (Lipinski definition) is 1. The molecule has 4 aliphatic carbocycles. The molecule has 4 bridgehead atoms. The Kier molecular flexibility index (Phi) is 2.87. The first-order chi connectivity index (χ1) is 9.40. The molecule has 0 amide bonds. The first-order valence-corrected chi connectivity index (χ1v) is 8.73. The quantitative estimate of drug-likeness (QED) is 0.853. The first-order valence-electron chi connectivity index (χ1n) is 8.73. The molecular weight excluding hydrogens is 246 g/mol. The van der Waals surface area contributed by atoms with E-state index in [2.05, 4.69) is 13.8 Å². The molecule has 1 heterocycles. The Morgan fingerprint density at radius 2 is 1.80 bits per heavy atom. The molecule has 4 atom stereocenters. The molecule has 0 aromatic rings. The van der Waals surface area contributed by atoms with Crippen molar-refractivity contribution in [1.82, 2.24) is 0 Å². The van der Waals surface area contributed by atoms with Crippen molar-refractivity contribution >= 4 is 0 Å². The number of rotatable bonds is 3. The average Bonchev–Trinajstić information content (AvgIpc) is 2.75. The van der Waals surface area contributed by atoms with Crippen LogP contribution in [0.1, 0.15) is 65.2 Å². The van der Waals surface area contributed by atoms with Crippen molar-refractivity contribution < 1.29 is 4.74 Å². The Labute approximate surface area is 123 Å². The monoisotopic (exact) mass is 277 g/mol. The maximum atomic E-state index is 6.61. The highest BCUT2D eigenvalue weighted by Crippen LogP contribution is 2.70. The molecule has 1 aliphatic heterocycles. The number of nitrogens with two attached hydrogens (primary N) is 1. The number of ether oxygens (including phenoxy) is 1. The van der Waals surface area contributed by atoms with Crippen molar-refractivity contribution in [2.45, 2.75) is 71.3 Å². The summed E-state index contributed by atoms with van der Waals surface area (Å²) in [5.41, 5.74) is 8.43. The van der Waals surface area contributed by atoms with E-state index in [0.29, 0.717) is 28.2 Å². The minimum absolute atomic E-state index is 0.376. The molecule has 4 saturated carbocycles. The minimum Gasteiger partial charge on any atom is -0.381 e. The van der Waals surface area contributed by atoms with E-state index in [-0.39, 0.29) is 0 Å². The minimum atomic E-state index is 0.376. The highest BCUT2D eigenvalue weighted by atomic mass is 16.5. The fourth-order valence-electron chi connectivity index (χ4n) is 7.47. The van der Waals surface area contributed by atoms with Gasteiger partial charge in [0.1, 0.15) is 0 Å². The van der Waals surface area contributed by atoms with Crippen LogP contribution in [0.15, 0.2) is 0 Å². The maximum absolute atomic E-state index is 6.61. The van der Waals surface area contributed by atoms with E-state index in [1.807, 2.05) is 0 Å². The highest BCUT2D eigenvalue weighted by Gasteiger charge is 2.60. The third-order valence-corrected chi connectivity index (χ3v) is 6.98. The highest BCUT2D eigenvalue weighted by molar-refractivity contribution is 5.11. The summed E-state index contributed by atoms with van der Waals surface area (Å²) >= 11 is 0. The van der Waals surface area contributed by atoms with E-state index in [4.69, 9.17) is 10.5 Å². The molecule has 0 spiro atoms. The van der Waals surface area contributed by atoms with E-state index < -0.39 is 0 Å². The van der Waals surface area contributed by atoms with Crippen molar-refractivity contribution in [3.05, 3.63) is 0 Å². The normalized spacial score (nSPS) is 55.4. The molecule has 1 saturated heterocycles. The smallest absolute Gasteiger partial charge is 0.0509 e. The second-order valence-electron chi connectivity index (χ2n) is 9.62. The van der Waals surface area contributed by atoms with Crippen LogP contribution in [0.5, 0.6) is 0 Å². The van der Waals surface area contributed by atoms with Gasteiger partial charge >= 0.3 is 0 Å². The van der Waals surface area contributed by atoms with E-state index in [9.17, 15) is 0 Å². The molecule has 2 nitrogen and oxygen atoms in total. The van der Waals surface area contributed by atoms with Gasteiger partial charge in [0.2, 0.25) is 0 Å². The van der Waals surface area contributed by atoms with Gasteiger partial charge in [0.05, 0.1) is 6.61 Å². The summed E-state index contributed by atoms with van der Waals surface area (Å²) in [6.07, 6.45) is 11.3. The predicted octanol–water partition coefficient (Wildman–Crippen LogP) is 3.74. The summed E-state index contributed by atoms with van der Waals surface area (Å²) < 4.78 is 5.56. The maximum Gasteiger partial charge on any atom is 0.0509 e. The van der Waals surface area contributed by atoms with Crippen LogP contribution < -0.4 is 5.73 Å². The van der Waals surface area contributed by atoms with Gasteiger partial charge in [0, 0.05) is 12.6 Å². The fourth-order valence-corrected chi connectivity index (χ4v) is 7.47. The Bertz CT molecular complexity index is 382. The van der Waals surface area contributed by atoms with Gasteiger partial charge in [0.15, 0.2) is 0 Å². The zero-order valence-electron chi connectivity index (χ0n) is 13.3. The van der Waals surface area contributed by atoms with Gasteiger partial charge in [-0.1, -0.05) is 13.8 Å². The Hall–Kier alpha value is -0.0800. The van der Waals surface area contributed by atoms with Crippen LogP contribution in [0.3, 0.4) is 0 Å². The third-order valence-electron chi connectivity index (χ3n) is 6.98. The Balaban J connectivity index is 1.54. The van der Waals surface area contributed by atoms with Gasteiger partial charge < -0.3 is 10.5 Å². The van der Waals surface area contributed by atoms with Crippen molar-refractivity contribution in [3.63, 3.8) is 0 Å². The number of hydrogen-bond acceptors (Lipinski definition) is 2.